The Kier molecular flexibility index (Phi) is 6.18. The van der Waals surface area contributed by atoms with Crippen molar-refractivity contribution < 1.29 is 18.4 Å². The molecule has 2 amide bonds. The Labute approximate surface area is 191 Å². The highest BCUT2D eigenvalue weighted by Crippen LogP contribution is 2.43. The third kappa shape index (κ3) is 4.54. The summed E-state index contributed by atoms with van der Waals surface area (Å²) in [6.45, 7) is 0. The van der Waals surface area contributed by atoms with Crippen molar-refractivity contribution in [1.82, 2.24) is 0 Å². The molecule has 1 unspecified atom stereocenters. The molecule has 3 aromatic rings. The van der Waals surface area contributed by atoms with Crippen LogP contribution in [-0.2, 0) is 4.79 Å². The lowest BCUT2D eigenvalue weighted by atomic mass is 10.1. The molecule has 4 nitrogen and oxygen atoms in total. The summed E-state index contributed by atoms with van der Waals surface area (Å²) in [6.07, 6.45) is 0. The Balaban J connectivity index is 1.61. The first kappa shape index (κ1) is 21.6. The summed E-state index contributed by atoms with van der Waals surface area (Å²) < 4.78 is 27.7. The predicted molar refractivity (Wildman–Crippen MR) is 120 cm³/mol. The molecule has 0 aromatic heterocycles. The summed E-state index contributed by atoms with van der Waals surface area (Å²) in [5, 5.41) is 2.87. The van der Waals surface area contributed by atoms with Gasteiger partial charge in [0.05, 0.1) is 22.0 Å². The molecule has 0 radical (unpaired) electrons. The molecule has 3 aromatic carbocycles. The SMILES string of the molecule is O=C(Nc1cccc(C2SCC(=O)N2c2ccc(F)cc2F)c1)c1ccc(Cl)cc1Cl. The first-order valence-electron chi connectivity index (χ1n) is 9.08. The smallest absolute Gasteiger partial charge is 0.257 e. The number of benzene rings is 3. The van der Waals surface area contributed by atoms with Gasteiger partial charge in [-0.2, -0.15) is 0 Å². The molecular weight excluding hydrogens is 465 g/mol. The zero-order valence-corrected chi connectivity index (χ0v) is 18.1. The van der Waals surface area contributed by atoms with Crippen LogP contribution >= 0.6 is 35.0 Å². The monoisotopic (exact) mass is 478 g/mol. The minimum absolute atomic E-state index is 0.00350. The summed E-state index contributed by atoms with van der Waals surface area (Å²) >= 11 is 13.3. The summed E-state index contributed by atoms with van der Waals surface area (Å²) in [5.41, 5.74) is 1.42. The second-order valence-corrected chi connectivity index (χ2v) is 8.64. The van der Waals surface area contributed by atoms with Crippen molar-refractivity contribution in [2.45, 2.75) is 5.37 Å². The van der Waals surface area contributed by atoms with E-state index in [2.05, 4.69) is 5.32 Å². The first-order chi connectivity index (χ1) is 14.8. The van der Waals surface area contributed by atoms with Gasteiger partial charge in [-0.25, -0.2) is 8.78 Å². The molecule has 31 heavy (non-hydrogen) atoms. The van der Waals surface area contributed by atoms with Crippen LogP contribution in [0.15, 0.2) is 60.7 Å². The summed E-state index contributed by atoms with van der Waals surface area (Å²) in [6, 6.07) is 14.5. The number of hydrogen-bond donors (Lipinski definition) is 1. The normalized spacial score (nSPS) is 15.9. The number of rotatable bonds is 4. The molecule has 9 heteroatoms. The third-order valence-corrected chi connectivity index (χ3v) is 6.40. The van der Waals surface area contributed by atoms with Crippen LogP contribution in [0, 0.1) is 11.6 Å². The van der Waals surface area contributed by atoms with Crippen molar-refractivity contribution in [3.8, 4) is 0 Å². The average Bonchev–Trinajstić information content (AvgIpc) is 3.09. The number of carbonyl (C=O) groups is 2. The predicted octanol–water partition coefficient (Wildman–Crippen LogP) is 6.30. The van der Waals surface area contributed by atoms with Crippen LogP contribution in [0.3, 0.4) is 0 Å². The van der Waals surface area contributed by atoms with Gasteiger partial charge in [-0.1, -0.05) is 35.3 Å². The van der Waals surface area contributed by atoms with Crippen molar-refractivity contribution in [1.29, 1.82) is 0 Å². The quantitative estimate of drug-likeness (QED) is 0.478. The van der Waals surface area contributed by atoms with E-state index in [4.69, 9.17) is 23.2 Å². The Morgan fingerprint density at radius 3 is 2.61 bits per heavy atom. The Morgan fingerprint density at radius 1 is 1.06 bits per heavy atom. The molecule has 0 saturated carbocycles. The Bertz CT molecular complexity index is 1190. The molecule has 1 atom stereocenters. The van der Waals surface area contributed by atoms with Crippen LogP contribution in [0.5, 0.6) is 0 Å². The minimum atomic E-state index is -0.817. The van der Waals surface area contributed by atoms with E-state index in [0.29, 0.717) is 16.3 Å². The molecule has 1 N–H and O–H groups in total. The van der Waals surface area contributed by atoms with Gasteiger partial charge in [-0.05, 0) is 48.0 Å². The van der Waals surface area contributed by atoms with Crippen molar-refractivity contribution in [2.75, 3.05) is 16.0 Å². The molecule has 4 rings (SSSR count). The fourth-order valence-electron chi connectivity index (χ4n) is 3.25. The number of nitrogens with zero attached hydrogens (tertiary/aromatic N) is 1. The number of anilines is 2. The maximum atomic E-state index is 14.3. The van der Waals surface area contributed by atoms with Crippen LogP contribution in [0.2, 0.25) is 10.0 Å². The maximum absolute atomic E-state index is 14.3. The van der Waals surface area contributed by atoms with Crippen molar-refractivity contribution in [3.05, 3.63) is 93.5 Å². The molecule has 1 fully saturated rings. The van der Waals surface area contributed by atoms with E-state index in [9.17, 15) is 18.4 Å². The van der Waals surface area contributed by atoms with Gasteiger partial charge in [-0.15, -0.1) is 11.8 Å². The van der Waals surface area contributed by atoms with E-state index in [0.717, 1.165) is 12.1 Å². The summed E-state index contributed by atoms with van der Waals surface area (Å²) in [4.78, 5) is 26.4. The molecular formula is C22H14Cl2F2N2O2S. The highest BCUT2D eigenvalue weighted by molar-refractivity contribution is 8.00. The maximum Gasteiger partial charge on any atom is 0.257 e. The van der Waals surface area contributed by atoms with E-state index in [1.807, 2.05) is 0 Å². The lowest BCUT2D eigenvalue weighted by molar-refractivity contribution is -0.115. The number of thioether (sulfide) groups is 1. The Hall–Kier alpha value is -2.61. The van der Waals surface area contributed by atoms with E-state index in [-0.39, 0.29) is 27.9 Å². The zero-order chi connectivity index (χ0) is 22.1. The second-order valence-electron chi connectivity index (χ2n) is 6.73. The van der Waals surface area contributed by atoms with Crippen molar-refractivity contribution in [2.24, 2.45) is 0 Å². The van der Waals surface area contributed by atoms with E-state index < -0.39 is 22.9 Å². The topological polar surface area (TPSA) is 49.4 Å². The van der Waals surface area contributed by atoms with Crippen molar-refractivity contribution in [3.63, 3.8) is 0 Å². The lowest BCUT2D eigenvalue weighted by Crippen LogP contribution is -2.28. The van der Waals surface area contributed by atoms with Gasteiger partial charge in [0.25, 0.3) is 5.91 Å². The van der Waals surface area contributed by atoms with Crippen LogP contribution in [0.4, 0.5) is 20.2 Å². The van der Waals surface area contributed by atoms with Gasteiger partial charge in [0.15, 0.2) is 0 Å². The van der Waals surface area contributed by atoms with Gasteiger partial charge >= 0.3 is 0 Å². The minimum Gasteiger partial charge on any atom is -0.322 e. The fraction of sp³-hybridized carbons (Fsp3) is 0.0909. The molecule has 1 saturated heterocycles. The van der Waals surface area contributed by atoms with Crippen LogP contribution in [-0.4, -0.2) is 17.6 Å². The molecule has 158 valence electrons. The van der Waals surface area contributed by atoms with Gasteiger partial charge < -0.3 is 5.32 Å². The zero-order valence-electron chi connectivity index (χ0n) is 15.7. The van der Waals surface area contributed by atoms with Crippen molar-refractivity contribution >= 4 is 58.2 Å². The largest absolute Gasteiger partial charge is 0.322 e. The molecule has 0 bridgehead atoms. The molecule has 1 aliphatic heterocycles. The molecule has 1 heterocycles. The number of halogens is 4. The van der Waals surface area contributed by atoms with E-state index >= 15 is 0 Å². The summed E-state index contributed by atoms with van der Waals surface area (Å²) in [5.74, 6) is -2.10. The number of amides is 2. The molecule has 0 aliphatic carbocycles. The van der Waals surface area contributed by atoms with Gasteiger partial charge in [-0.3, -0.25) is 14.5 Å². The number of nitrogens with one attached hydrogen (secondary N) is 1. The standard InChI is InChI=1S/C22H14Cl2F2N2O2S/c23-13-4-6-16(17(24)9-13)21(30)27-15-3-1-2-12(8-15)22-28(20(29)11-31-22)19-7-5-14(25)10-18(19)26/h1-10,22H,11H2,(H,27,30). The average molecular weight is 479 g/mol. The summed E-state index contributed by atoms with van der Waals surface area (Å²) in [7, 11) is 0. The molecule has 0 spiro atoms. The van der Waals surface area contributed by atoms with Crippen LogP contribution < -0.4 is 10.2 Å². The second kappa shape index (κ2) is 8.86. The van der Waals surface area contributed by atoms with Gasteiger partial charge in [0, 0.05) is 16.8 Å². The lowest BCUT2D eigenvalue weighted by Gasteiger charge is -2.25. The van der Waals surface area contributed by atoms with Gasteiger partial charge in [0.2, 0.25) is 5.91 Å². The highest BCUT2D eigenvalue weighted by Gasteiger charge is 2.35. The fourth-order valence-corrected chi connectivity index (χ4v) is 4.90. The van der Waals surface area contributed by atoms with Gasteiger partial charge in [0.1, 0.15) is 17.0 Å². The third-order valence-electron chi connectivity index (χ3n) is 4.64. The highest BCUT2D eigenvalue weighted by atomic mass is 35.5. The molecule has 1 aliphatic rings. The Morgan fingerprint density at radius 2 is 1.87 bits per heavy atom. The van der Waals surface area contributed by atoms with Crippen LogP contribution in [0.25, 0.3) is 0 Å². The number of carbonyl (C=O) groups excluding carboxylic acids is 2. The van der Waals surface area contributed by atoms with E-state index in [1.165, 1.54) is 34.9 Å². The van der Waals surface area contributed by atoms with E-state index in [1.54, 1.807) is 30.3 Å². The first-order valence-corrected chi connectivity index (χ1v) is 10.9. The van der Waals surface area contributed by atoms with Crippen LogP contribution in [0.1, 0.15) is 21.3 Å². The number of hydrogen-bond acceptors (Lipinski definition) is 3.